The van der Waals surface area contributed by atoms with E-state index in [2.05, 4.69) is 20.8 Å². The Kier molecular flexibility index (Phi) is 5.36. The third-order valence-electron chi connectivity index (χ3n) is 4.17. The summed E-state index contributed by atoms with van der Waals surface area (Å²) in [5.74, 6) is 0.629. The average Bonchev–Trinajstić information content (AvgIpc) is 2.60. The fraction of sp³-hybridized carbons (Fsp3) is 0.389. The molecule has 1 aromatic heterocycles. The van der Waals surface area contributed by atoms with E-state index < -0.39 is 0 Å². The average molecular weight is 328 g/mol. The van der Waals surface area contributed by atoms with Gasteiger partial charge in [0, 0.05) is 6.04 Å². The van der Waals surface area contributed by atoms with E-state index >= 15 is 0 Å². The van der Waals surface area contributed by atoms with Crippen LogP contribution < -0.4 is 10.6 Å². The Hall–Kier alpha value is -2.50. The molecule has 1 amide bonds. The summed E-state index contributed by atoms with van der Waals surface area (Å²) >= 11 is 0. The SMILES string of the molecule is O=C(Cc1ccc(F)cc1)Nc1ccc(NC2CCCCC2)nn1. The third kappa shape index (κ3) is 4.75. The molecule has 0 unspecified atom stereocenters. The molecule has 0 radical (unpaired) electrons. The van der Waals surface area contributed by atoms with Gasteiger partial charge in [-0.15, -0.1) is 10.2 Å². The van der Waals surface area contributed by atoms with Gasteiger partial charge in [0.2, 0.25) is 5.91 Å². The molecule has 1 heterocycles. The van der Waals surface area contributed by atoms with Crippen molar-refractivity contribution in [3.63, 3.8) is 0 Å². The molecule has 0 saturated heterocycles. The molecule has 1 saturated carbocycles. The Morgan fingerprint density at radius 2 is 1.67 bits per heavy atom. The molecule has 0 bridgehead atoms. The van der Waals surface area contributed by atoms with Gasteiger partial charge in [-0.1, -0.05) is 31.4 Å². The Labute approximate surface area is 140 Å². The summed E-state index contributed by atoms with van der Waals surface area (Å²) in [7, 11) is 0. The van der Waals surface area contributed by atoms with Crippen molar-refractivity contribution in [2.45, 2.75) is 44.6 Å². The molecule has 24 heavy (non-hydrogen) atoms. The number of carbonyl (C=O) groups is 1. The number of amides is 1. The van der Waals surface area contributed by atoms with Crippen LogP contribution in [0.4, 0.5) is 16.0 Å². The topological polar surface area (TPSA) is 66.9 Å². The standard InChI is InChI=1S/C18H21FN4O/c19-14-8-6-13(7-9-14)12-18(24)21-17-11-10-16(22-23-17)20-15-4-2-1-3-5-15/h6-11,15H,1-5,12H2,(H,20,22)(H,21,23,24). The van der Waals surface area contributed by atoms with Crippen molar-refractivity contribution in [3.8, 4) is 0 Å². The van der Waals surface area contributed by atoms with Gasteiger partial charge in [0.1, 0.15) is 11.6 Å². The number of carbonyl (C=O) groups excluding carboxylic acids is 1. The highest BCUT2D eigenvalue weighted by Gasteiger charge is 2.13. The Morgan fingerprint density at radius 1 is 1.00 bits per heavy atom. The van der Waals surface area contributed by atoms with Gasteiger partial charge in [-0.3, -0.25) is 4.79 Å². The molecule has 3 rings (SSSR count). The number of nitrogens with one attached hydrogen (secondary N) is 2. The fourth-order valence-corrected chi connectivity index (χ4v) is 2.91. The molecule has 126 valence electrons. The molecule has 0 aliphatic heterocycles. The van der Waals surface area contributed by atoms with Crippen LogP contribution in [-0.2, 0) is 11.2 Å². The molecule has 2 aromatic rings. The van der Waals surface area contributed by atoms with Crippen molar-refractivity contribution in [1.29, 1.82) is 0 Å². The zero-order valence-corrected chi connectivity index (χ0v) is 13.5. The predicted molar refractivity (Wildman–Crippen MR) is 91.3 cm³/mol. The number of hydrogen-bond donors (Lipinski definition) is 2. The first-order valence-electron chi connectivity index (χ1n) is 8.33. The first-order chi connectivity index (χ1) is 11.7. The number of hydrogen-bond acceptors (Lipinski definition) is 4. The Morgan fingerprint density at radius 3 is 2.33 bits per heavy atom. The van der Waals surface area contributed by atoms with Crippen LogP contribution in [0.5, 0.6) is 0 Å². The molecule has 1 aliphatic carbocycles. The highest BCUT2D eigenvalue weighted by molar-refractivity contribution is 5.91. The lowest BCUT2D eigenvalue weighted by molar-refractivity contribution is -0.115. The van der Waals surface area contributed by atoms with Gasteiger partial charge in [0.15, 0.2) is 5.82 Å². The molecule has 1 fully saturated rings. The Balaban J connectivity index is 1.51. The number of halogens is 1. The van der Waals surface area contributed by atoms with Crippen molar-refractivity contribution in [2.75, 3.05) is 10.6 Å². The van der Waals surface area contributed by atoms with Crippen LogP contribution >= 0.6 is 0 Å². The molecule has 0 atom stereocenters. The maximum atomic E-state index is 12.9. The normalized spacial score (nSPS) is 15.0. The van der Waals surface area contributed by atoms with Crippen LogP contribution in [0.3, 0.4) is 0 Å². The molecular weight excluding hydrogens is 307 g/mol. The van der Waals surface area contributed by atoms with Crippen molar-refractivity contribution in [3.05, 3.63) is 47.8 Å². The lowest BCUT2D eigenvalue weighted by Crippen LogP contribution is -2.23. The third-order valence-corrected chi connectivity index (χ3v) is 4.17. The predicted octanol–water partition coefficient (Wildman–Crippen LogP) is 3.54. The highest BCUT2D eigenvalue weighted by atomic mass is 19.1. The minimum absolute atomic E-state index is 0.171. The van der Waals surface area contributed by atoms with Gasteiger partial charge >= 0.3 is 0 Å². The van der Waals surface area contributed by atoms with Crippen LogP contribution in [0, 0.1) is 5.82 Å². The zero-order valence-electron chi connectivity index (χ0n) is 13.5. The molecule has 1 aromatic carbocycles. The van der Waals surface area contributed by atoms with E-state index in [-0.39, 0.29) is 18.1 Å². The van der Waals surface area contributed by atoms with E-state index in [4.69, 9.17) is 0 Å². The summed E-state index contributed by atoms with van der Waals surface area (Å²) in [4.78, 5) is 12.0. The maximum absolute atomic E-state index is 12.9. The van der Waals surface area contributed by atoms with Gasteiger partial charge in [-0.2, -0.15) is 0 Å². The van der Waals surface area contributed by atoms with Crippen molar-refractivity contribution < 1.29 is 9.18 Å². The molecule has 0 spiro atoms. The molecular formula is C18H21FN4O. The zero-order chi connectivity index (χ0) is 16.8. The van der Waals surface area contributed by atoms with Gasteiger partial charge in [0.05, 0.1) is 6.42 Å². The lowest BCUT2D eigenvalue weighted by atomic mass is 9.95. The quantitative estimate of drug-likeness (QED) is 0.881. The first-order valence-corrected chi connectivity index (χ1v) is 8.33. The fourth-order valence-electron chi connectivity index (χ4n) is 2.91. The summed E-state index contributed by atoms with van der Waals surface area (Å²) in [6, 6.07) is 9.90. The van der Waals surface area contributed by atoms with Crippen molar-refractivity contribution >= 4 is 17.5 Å². The summed E-state index contributed by atoms with van der Waals surface area (Å²) < 4.78 is 12.9. The van der Waals surface area contributed by atoms with E-state index in [9.17, 15) is 9.18 Å². The largest absolute Gasteiger partial charge is 0.366 e. The molecule has 2 N–H and O–H groups in total. The van der Waals surface area contributed by atoms with Crippen molar-refractivity contribution in [1.82, 2.24) is 10.2 Å². The van der Waals surface area contributed by atoms with Gasteiger partial charge in [0.25, 0.3) is 0 Å². The summed E-state index contributed by atoms with van der Waals surface area (Å²) in [5, 5.41) is 14.2. The number of benzene rings is 1. The van der Waals surface area contributed by atoms with Gasteiger partial charge < -0.3 is 10.6 Å². The first kappa shape index (κ1) is 16.4. The van der Waals surface area contributed by atoms with E-state index in [0.717, 1.165) is 24.2 Å². The Bertz CT molecular complexity index is 666. The summed E-state index contributed by atoms with van der Waals surface area (Å²) in [6.07, 6.45) is 6.31. The monoisotopic (exact) mass is 328 g/mol. The molecule has 6 heteroatoms. The van der Waals surface area contributed by atoms with Crippen LogP contribution in [0.25, 0.3) is 0 Å². The lowest BCUT2D eigenvalue weighted by Gasteiger charge is -2.22. The molecule has 5 nitrogen and oxygen atoms in total. The highest BCUT2D eigenvalue weighted by Crippen LogP contribution is 2.20. The van der Waals surface area contributed by atoms with Gasteiger partial charge in [-0.05, 0) is 42.7 Å². The van der Waals surface area contributed by atoms with Crippen LogP contribution in [0.1, 0.15) is 37.7 Å². The smallest absolute Gasteiger partial charge is 0.229 e. The summed E-state index contributed by atoms with van der Waals surface area (Å²) in [6.45, 7) is 0. The second-order valence-electron chi connectivity index (χ2n) is 6.13. The van der Waals surface area contributed by atoms with E-state index in [1.165, 1.54) is 31.4 Å². The minimum atomic E-state index is -0.314. The maximum Gasteiger partial charge on any atom is 0.229 e. The van der Waals surface area contributed by atoms with Crippen LogP contribution in [0.15, 0.2) is 36.4 Å². The van der Waals surface area contributed by atoms with E-state index in [1.807, 2.05) is 6.07 Å². The van der Waals surface area contributed by atoms with Crippen LogP contribution in [0.2, 0.25) is 0 Å². The second-order valence-corrected chi connectivity index (χ2v) is 6.13. The number of rotatable bonds is 5. The van der Waals surface area contributed by atoms with Crippen LogP contribution in [-0.4, -0.2) is 22.1 Å². The van der Waals surface area contributed by atoms with E-state index in [0.29, 0.717) is 11.9 Å². The number of aromatic nitrogens is 2. The number of nitrogens with zero attached hydrogens (tertiary/aromatic N) is 2. The van der Waals surface area contributed by atoms with Crippen molar-refractivity contribution in [2.24, 2.45) is 0 Å². The van der Waals surface area contributed by atoms with Gasteiger partial charge in [-0.25, -0.2) is 4.39 Å². The second kappa shape index (κ2) is 7.86. The summed E-state index contributed by atoms with van der Waals surface area (Å²) in [5.41, 5.74) is 0.748. The number of anilines is 2. The molecule has 1 aliphatic rings. The minimum Gasteiger partial charge on any atom is -0.366 e. The van der Waals surface area contributed by atoms with E-state index in [1.54, 1.807) is 18.2 Å².